The zero-order valence-corrected chi connectivity index (χ0v) is 13.4. The first-order valence-corrected chi connectivity index (χ1v) is 7.90. The molecule has 1 aromatic carbocycles. The maximum Gasteiger partial charge on any atom is 0.332 e. The third-order valence-electron chi connectivity index (χ3n) is 5.11. The van der Waals surface area contributed by atoms with E-state index in [4.69, 9.17) is 0 Å². The van der Waals surface area contributed by atoms with E-state index in [9.17, 15) is 9.59 Å². The summed E-state index contributed by atoms with van der Waals surface area (Å²) in [4.78, 5) is 26.8. The van der Waals surface area contributed by atoms with Crippen LogP contribution in [0.25, 0.3) is 0 Å². The van der Waals surface area contributed by atoms with Gasteiger partial charge in [-0.3, -0.25) is 18.8 Å². The van der Waals surface area contributed by atoms with Crippen LogP contribution in [-0.2, 0) is 33.5 Å². The first-order valence-electron chi connectivity index (χ1n) is 7.90. The van der Waals surface area contributed by atoms with Gasteiger partial charge in [0.1, 0.15) is 5.82 Å². The summed E-state index contributed by atoms with van der Waals surface area (Å²) in [5, 5.41) is 3.27. The predicted molar refractivity (Wildman–Crippen MR) is 88.6 cm³/mol. The molecule has 2 heterocycles. The summed E-state index contributed by atoms with van der Waals surface area (Å²) in [5.74, 6) is 0.657. The molecule has 0 radical (unpaired) electrons. The Morgan fingerprint density at radius 3 is 2.35 bits per heavy atom. The highest BCUT2D eigenvalue weighted by atomic mass is 16.2. The number of rotatable bonds is 1. The lowest BCUT2D eigenvalue weighted by molar-refractivity contribution is 0.197. The lowest BCUT2D eigenvalue weighted by Crippen LogP contribution is -2.49. The molecular weight excluding hydrogens is 292 g/mol. The molecule has 23 heavy (non-hydrogen) atoms. The Morgan fingerprint density at radius 1 is 1.04 bits per heavy atom. The molecule has 2 aliphatic rings. The fourth-order valence-corrected chi connectivity index (χ4v) is 3.77. The maximum absolute atomic E-state index is 12.4. The average molecular weight is 312 g/mol. The van der Waals surface area contributed by atoms with Crippen LogP contribution < -0.4 is 16.6 Å². The molecule has 0 unspecified atom stereocenters. The smallest absolute Gasteiger partial charge is 0.332 e. The Hall–Kier alpha value is -2.34. The van der Waals surface area contributed by atoms with Crippen molar-refractivity contribution in [3.8, 4) is 0 Å². The molecule has 1 aliphatic heterocycles. The second-order valence-corrected chi connectivity index (χ2v) is 6.45. The van der Waals surface area contributed by atoms with Crippen molar-refractivity contribution in [1.29, 1.82) is 0 Å². The van der Waals surface area contributed by atoms with E-state index < -0.39 is 0 Å². The normalized spacial score (nSPS) is 17.7. The van der Waals surface area contributed by atoms with Gasteiger partial charge < -0.3 is 5.32 Å². The molecule has 0 fully saturated rings. The minimum Gasteiger partial charge on any atom is -0.358 e. The van der Waals surface area contributed by atoms with Crippen LogP contribution in [0.5, 0.6) is 0 Å². The summed E-state index contributed by atoms with van der Waals surface area (Å²) in [5.41, 5.74) is 2.99. The van der Waals surface area contributed by atoms with Crippen LogP contribution in [-0.4, -0.2) is 26.7 Å². The Balaban J connectivity index is 1.66. The third-order valence-corrected chi connectivity index (χ3v) is 5.11. The van der Waals surface area contributed by atoms with E-state index in [1.54, 1.807) is 7.05 Å². The minimum atomic E-state index is -0.289. The van der Waals surface area contributed by atoms with E-state index in [0.29, 0.717) is 30.6 Å². The van der Waals surface area contributed by atoms with Crippen LogP contribution in [0.1, 0.15) is 16.7 Å². The van der Waals surface area contributed by atoms with Gasteiger partial charge in [0.2, 0.25) is 0 Å². The highest BCUT2D eigenvalue weighted by molar-refractivity contribution is 5.46. The van der Waals surface area contributed by atoms with Gasteiger partial charge in [-0.1, -0.05) is 24.3 Å². The molecule has 6 nitrogen and oxygen atoms in total. The molecule has 0 spiro atoms. The number of aromatic nitrogens is 2. The van der Waals surface area contributed by atoms with Gasteiger partial charge in [-0.05, 0) is 24.0 Å². The van der Waals surface area contributed by atoms with Crippen LogP contribution in [0.15, 0.2) is 33.9 Å². The lowest BCUT2D eigenvalue weighted by Gasteiger charge is -2.34. The molecule has 120 valence electrons. The summed E-state index contributed by atoms with van der Waals surface area (Å²) in [6.45, 7) is 1.24. The van der Waals surface area contributed by atoms with E-state index >= 15 is 0 Å². The Labute approximate surface area is 134 Å². The van der Waals surface area contributed by atoms with Gasteiger partial charge >= 0.3 is 5.69 Å². The number of nitrogens with one attached hydrogen (secondary N) is 1. The fraction of sp³-hybridized carbons (Fsp3) is 0.412. The molecule has 1 N–H and O–H groups in total. The zero-order chi connectivity index (χ0) is 16.1. The SMILES string of the molecule is Cn1c2c(c(=O)n(C)c1=O)CN(C1Cc3ccccc3C1)CN2. The van der Waals surface area contributed by atoms with E-state index in [2.05, 4.69) is 34.5 Å². The second-order valence-electron chi connectivity index (χ2n) is 6.45. The number of anilines is 1. The number of hydrogen-bond acceptors (Lipinski definition) is 4. The van der Waals surface area contributed by atoms with E-state index in [-0.39, 0.29) is 11.2 Å². The van der Waals surface area contributed by atoms with Crippen LogP contribution >= 0.6 is 0 Å². The summed E-state index contributed by atoms with van der Waals surface area (Å²) < 4.78 is 2.71. The monoisotopic (exact) mass is 312 g/mol. The van der Waals surface area contributed by atoms with Gasteiger partial charge in [-0.15, -0.1) is 0 Å². The van der Waals surface area contributed by atoms with Crippen molar-refractivity contribution in [2.24, 2.45) is 14.1 Å². The molecule has 0 saturated heterocycles. The van der Waals surface area contributed by atoms with Crippen molar-refractivity contribution in [3.63, 3.8) is 0 Å². The second kappa shape index (κ2) is 5.09. The topological polar surface area (TPSA) is 59.3 Å². The van der Waals surface area contributed by atoms with Crippen molar-refractivity contribution in [2.75, 3.05) is 12.0 Å². The molecule has 2 aromatic rings. The van der Waals surface area contributed by atoms with Crippen LogP contribution in [0.2, 0.25) is 0 Å². The lowest BCUT2D eigenvalue weighted by atomic mass is 10.1. The number of hydrogen-bond donors (Lipinski definition) is 1. The summed E-state index contributed by atoms with van der Waals surface area (Å²) in [6.07, 6.45) is 2.03. The van der Waals surface area contributed by atoms with Gasteiger partial charge in [0.25, 0.3) is 5.56 Å². The van der Waals surface area contributed by atoms with Gasteiger partial charge in [0.15, 0.2) is 0 Å². The van der Waals surface area contributed by atoms with E-state index in [1.165, 1.54) is 27.3 Å². The van der Waals surface area contributed by atoms with Crippen molar-refractivity contribution in [3.05, 3.63) is 61.8 Å². The van der Waals surface area contributed by atoms with Crippen molar-refractivity contribution in [2.45, 2.75) is 25.4 Å². The molecule has 0 saturated carbocycles. The molecule has 6 heteroatoms. The van der Waals surface area contributed by atoms with Crippen molar-refractivity contribution < 1.29 is 0 Å². The Morgan fingerprint density at radius 2 is 1.70 bits per heavy atom. The minimum absolute atomic E-state index is 0.198. The standard InChI is InChI=1S/C17H20N4O2/c1-19-15-14(16(22)20(2)17(19)23)9-21(10-18-15)13-7-11-5-3-4-6-12(11)8-13/h3-6,13,18H,7-10H2,1-2H3. The number of fused-ring (bicyclic) bond motifs is 2. The summed E-state index contributed by atoms with van der Waals surface area (Å²) in [6, 6.07) is 8.93. The zero-order valence-electron chi connectivity index (χ0n) is 13.4. The summed E-state index contributed by atoms with van der Waals surface area (Å²) >= 11 is 0. The molecule has 0 atom stereocenters. The highest BCUT2D eigenvalue weighted by Crippen LogP contribution is 2.28. The molecule has 0 amide bonds. The van der Waals surface area contributed by atoms with E-state index in [1.807, 2.05) is 0 Å². The molecular formula is C17H20N4O2. The van der Waals surface area contributed by atoms with Crippen LogP contribution in [0.3, 0.4) is 0 Å². The van der Waals surface area contributed by atoms with Gasteiger partial charge in [-0.25, -0.2) is 4.79 Å². The van der Waals surface area contributed by atoms with Crippen molar-refractivity contribution in [1.82, 2.24) is 14.0 Å². The van der Waals surface area contributed by atoms with Crippen molar-refractivity contribution >= 4 is 5.82 Å². The number of benzene rings is 1. The fourth-order valence-electron chi connectivity index (χ4n) is 3.77. The Bertz CT molecular complexity index is 871. The quantitative estimate of drug-likeness (QED) is 0.830. The first kappa shape index (κ1) is 14.3. The number of nitrogens with zero attached hydrogens (tertiary/aromatic N) is 3. The van der Waals surface area contributed by atoms with Gasteiger partial charge in [0.05, 0.1) is 12.2 Å². The van der Waals surface area contributed by atoms with Crippen LogP contribution in [0, 0.1) is 0 Å². The molecule has 1 aliphatic carbocycles. The highest BCUT2D eigenvalue weighted by Gasteiger charge is 2.31. The first-order chi connectivity index (χ1) is 11.1. The molecule has 1 aromatic heterocycles. The largest absolute Gasteiger partial charge is 0.358 e. The maximum atomic E-state index is 12.4. The predicted octanol–water partition coefficient (Wildman–Crippen LogP) is 0.436. The molecule has 0 bridgehead atoms. The Kier molecular flexibility index (Phi) is 3.16. The molecule has 4 rings (SSSR count). The van der Waals surface area contributed by atoms with Crippen LogP contribution in [0.4, 0.5) is 5.82 Å². The average Bonchev–Trinajstić information content (AvgIpc) is 3.01. The van der Waals surface area contributed by atoms with Gasteiger partial charge in [0, 0.05) is 26.7 Å². The third kappa shape index (κ3) is 2.13. The van der Waals surface area contributed by atoms with Gasteiger partial charge in [-0.2, -0.15) is 0 Å². The van der Waals surface area contributed by atoms with E-state index in [0.717, 1.165) is 12.8 Å². The summed E-state index contributed by atoms with van der Waals surface area (Å²) in [7, 11) is 3.24.